The van der Waals surface area contributed by atoms with Gasteiger partial charge < -0.3 is 11.1 Å². The van der Waals surface area contributed by atoms with Gasteiger partial charge in [-0.25, -0.2) is 0 Å². The lowest BCUT2D eigenvalue weighted by Gasteiger charge is -2.21. The van der Waals surface area contributed by atoms with Gasteiger partial charge in [0.1, 0.15) is 0 Å². The van der Waals surface area contributed by atoms with Gasteiger partial charge in [0, 0.05) is 27.6 Å². The number of aryl methyl sites for hydroxylation is 6. The van der Waals surface area contributed by atoms with Gasteiger partial charge in [0.2, 0.25) is 0 Å². The maximum absolute atomic E-state index is 13.2. The molecule has 0 aliphatic carbocycles. The summed E-state index contributed by atoms with van der Waals surface area (Å²) in [6.45, 7) is 18.5. The Kier molecular flexibility index (Phi) is 13.2. The maximum Gasteiger partial charge on any atom is 0.416 e. The molecule has 0 aliphatic heterocycles. The molecule has 2 atom stereocenters. The van der Waals surface area contributed by atoms with E-state index in [1.165, 1.54) is 37.1 Å². The maximum atomic E-state index is 13.2. The molecule has 55 heavy (non-hydrogen) atoms. The van der Waals surface area contributed by atoms with Crippen molar-refractivity contribution in [2.45, 2.75) is 93.7 Å². The zero-order valence-corrected chi connectivity index (χ0v) is 33.2. The average molecular weight is 783 g/mol. The van der Waals surface area contributed by atoms with Crippen LogP contribution >= 0.6 is 11.6 Å². The average Bonchev–Trinajstić information content (AvgIpc) is 3.09. The van der Waals surface area contributed by atoms with Gasteiger partial charge in [0.05, 0.1) is 28.6 Å². The summed E-state index contributed by atoms with van der Waals surface area (Å²) in [4.78, 5) is 0. The van der Waals surface area contributed by atoms with Crippen molar-refractivity contribution in [2.24, 2.45) is 5.73 Å². The Morgan fingerprint density at radius 2 is 0.964 bits per heavy atom. The number of rotatable bonds is 4. The van der Waals surface area contributed by atoms with Gasteiger partial charge in [-0.3, -0.25) is 0 Å². The van der Waals surface area contributed by atoms with Gasteiger partial charge in [0.15, 0.2) is 11.0 Å². The fraction of sp³-hybridized carbons (Fsp3) is 0.333. The minimum absolute atomic E-state index is 0.218. The second kappa shape index (κ2) is 16.9. The summed E-state index contributed by atoms with van der Waals surface area (Å²) in [5.41, 5.74) is 12.4. The SMILES string of the molecule is Cc1c([C@@H](C)N)cccc1C(F)(F)F.Cc1cc2c(C)nnc(Cl)c2cc1C.Cc1cc2c(C)nnc(N[C@H](C)c3cccc(C(F)(F)F)c3C)c2cc1C. The van der Waals surface area contributed by atoms with Crippen LogP contribution in [0.4, 0.5) is 32.2 Å². The van der Waals surface area contributed by atoms with E-state index < -0.39 is 23.5 Å². The molecule has 6 nitrogen and oxygen atoms in total. The third-order valence-corrected chi connectivity index (χ3v) is 10.1. The smallest absolute Gasteiger partial charge is 0.362 e. The molecule has 0 unspecified atom stereocenters. The molecule has 3 N–H and O–H groups in total. The van der Waals surface area contributed by atoms with Crippen molar-refractivity contribution in [1.82, 2.24) is 20.4 Å². The van der Waals surface area contributed by atoms with E-state index in [-0.39, 0.29) is 23.2 Å². The Labute approximate surface area is 322 Å². The Bertz CT molecular complexity index is 2290. The molecule has 6 aromatic rings. The molecule has 4 aromatic carbocycles. The molecule has 6 rings (SSSR count). The first-order valence-corrected chi connectivity index (χ1v) is 17.9. The van der Waals surface area contributed by atoms with E-state index in [4.69, 9.17) is 17.3 Å². The largest absolute Gasteiger partial charge is 0.416 e. The standard InChI is InChI=1S/C21H22F3N3.C11H11ClN2.C10H12F3N/c1-11-9-17-15(5)26-27-20(18(17)10-12(11)2)25-14(4)16-7-6-8-19(13(16)3)21(22,23)24;1-6-4-9-8(3)13-14-11(12)10(9)5-7(6)2;1-6-8(7(2)14)4-3-5-9(6)10(11,12)13/h6-10,14H,1-5H3,(H,25,27);4-5H,1-3H3;3-5,7H,14H2,1-2H3/t14-;;7-/m1.1/s1. The quantitative estimate of drug-likeness (QED) is 0.173. The molecule has 0 saturated heterocycles. The summed E-state index contributed by atoms with van der Waals surface area (Å²) in [5, 5.41) is 24.1. The van der Waals surface area contributed by atoms with E-state index in [2.05, 4.69) is 57.8 Å². The van der Waals surface area contributed by atoms with Crippen molar-refractivity contribution in [3.05, 3.63) is 133 Å². The summed E-state index contributed by atoms with van der Waals surface area (Å²) in [6.07, 6.45) is -8.67. The molecule has 0 spiro atoms. The van der Waals surface area contributed by atoms with Crippen molar-refractivity contribution in [2.75, 3.05) is 5.32 Å². The van der Waals surface area contributed by atoms with E-state index >= 15 is 0 Å². The molecular weight excluding hydrogens is 738 g/mol. The van der Waals surface area contributed by atoms with Gasteiger partial charge in [0.25, 0.3) is 0 Å². The first kappa shape index (κ1) is 42.9. The molecule has 0 fully saturated rings. The number of benzene rings is 4. The Hall–Kier alpha value is -4.81. The zero-order valence-electron chi connectivity index (χ0n) is 32.4. The van der Waals surface area contributed by atoms with E-state index in [9.17, 15) is 26.3 Å². The van der Waals surface area contributed by atoms with Crippen LogP contribution < -0.4 is 11.1 Å². The topological polar surface area (TPSA) is 89.6 Å². The number of nitrogens with zero attached hydrogens (tertiary/aromatic N) is 4. The third-order valence-electron chi connectivity index (χ3n) is 9.78. The van der Waals surface area contributed by atoms with E-state index in [1.807, 2.05) is 40.7 Å². The van der Waals surface area contributed by atoms with E-state index in [1.54, 1.807) is 19.1 Å². The number of alkyl halides is 6. The highest BCUT2D eigenvalue weighted by molar-refractivity contribution is 6.34. The van der Waals surface area contributed by atoms with Gasteiger partial charge in [-0.2, -0.15) is 36.5 Å². The van der Waals surface area contributed by atoms with Crippen molar-refractivity contribution in [3.63, 3.8) is 0 Å². The lowest BCUT2D eigenvalue weighted by atomic mass is 9.97. The highest BCUT2D eigenvalue weighted by Gasteiger charge is 2.34. The molecule has 0 saturated carbocycles. The number of halogens is 7. The van der Waals surface area contributed by atoms with Gasteiger partial charge >= 0.3 is 12.4 Å². The van der Waals surface area contributed by atoms with Gasteiger partial charge in [-0.05, 0) is 150 Å². The van der Waals surface area contributed by atoms with Crippen LogP contribution in [0.1, 0.15) is 93.0 Å². The lowest BCUT2D eigenvalue weighted by molar-refractivity contribution is -0.138. The van der Waals surface area contributed by atoms with Crippen LogP contribution in [0.25, 0.3) is 21.5 Å². The van der Waals surface area contributed by atoms with Crippen LogP contribution in [0.15, 0.2) is 60.7 Å². The second-order valence-electron chi connectivity index (χ2n) is 13.9. The fourth-order valence-corrected chi connectivity index (χ4v) is 6.52. The molecule has 13 heteroatoms. The summed E-state index contributed by atoms with van der Waals surface area (Å²) in [7, 11) is 0. The van der Waals surface area contributed by atoms with Crippen LogP contribution in [-0.4, -0.2) is 20.4 Å². The predicted molar refractivity (Wildman–Crippen MR) is 210 cm³/mol. The first-order valence-electron chi connectivity index (χ1n) is 17.5. The number of aromatic nitrogens is 4. The highest BCUT2D eigenvalue weighted by Crippen LogP contribution is 2.37. The van der Waals surface area contributed by atoms with Crippen molar-refractivity contribution in [1.29, 1.82) is 0 Å². The summed E-state index contributed by atoms with van der Waals surface area (Å²) >= 11 is 5.98. The zero-order chi connectivity index (χ0) is 41.2. The number of anilines is 1. The molecule has 0 radical (unpaired) electrons. The second-order valence-corrected chi connectivity index (χ2v) is 14.2. The Morgan fingerprint density at radius 3 is 1.44 bits per heavy atom. The number of nitrogens with one attached hydrogen (secondary N) is 1. The van der Waals surface area contributed by atoms with Gasteiger partial charge in [-0.15, -0.1) is 10.2 Å². The van der Waals surface area contributed by atoms with Crippen molar-refractivity contribution >= 4 is 39.0 Å². The number of hydrogen-bond donors (Lipinski definition) is 2. The summed E-state index contributed by atoms with van der Waals surface area (Å²) in [5.74, 6) is 0.572. The lowest BCUT2D eigenvalue weighted by Crippen LogP contribution is -2.14. The minimum atomic E-state index is -4.37. The molecule has 292 valence electrons. The number of hydrogen-bond acceptors (Lipinski definition) is 6. The van der Waals surface area contributed by atoms with Crippen LogP contribution in [0.2, 0.25) is 5.15 Å². The third kappa shape index (κ3) is 9.90. The monoisotopic (exact) mass is 782 g/mol. The van der Waals surface area contributed by atoms with Gasteiger partial charge in [-0.1, -0.05) is 35.9 Å². The first-order chi connectivity index (χ1) is 25.5. The predicted octanol–water partition coefficient (Wildman–Crippen LogP) is 12.3. The molecule has 2 heterocycles. The minimum Gasteiger partial charge on any atom is -0.362 e. The highest BCUT2D eigenvalue weighted by atomic mass is 35.5. The van der Waals surface area contributed by atoms with Crippen LogP contribution in [0, 0.1) is 55.4 Å². The molecule has 2 aromatic heterocycles. The van der Waals surface area contributed by atoms with Crippen LogP contribution in [-0.2, 0) is 12.4 Å². The van der Waals surface area contributed by atoms with Crippen molar-refractivity contribution in [3.8, 4) is 0 Å². The van der Waals surface area contributed by atoms with E-state index in [0.717, 1.165) is 56.2 Å². The van der Waals surface area contributed by atoms with Crippen LogP contribution in [0.5, 0.6) is 0 Å². The normalized spacial score (nSPS) is 12.8. The molecule has 0 bridgehead atoms. The Balaban J connectivity index is 0.000000202. The van der Waals surface area contributed by atoms with Crippen molar-refractivity contribution < 1.29 is 26.3 Å². The molecule has 0 aliphatic rings. The molecule has 0 amide bonds. The Morgan fingerprint density at radius 1 is 0.564 bits per heavy atom. The van der Waals surface area contributed by atoms with Crippen LogP contribution in [0.3, 0.4) is 0 Å². The number of fused-ring (bicyclic) bond motifs is 2. The van der Waals surface area contributed by atoms with E-state index in [0.29, 0.717) is 22.1 Å². The molecular formula is C42H45ClF6N6. The number of nitrogens with two attached hydrogens (primary N) is 1. The fourth-order valence-electron chi connectivity index (χ4n) is 6.33. The summed E-state index contributed by atoms with van der Waals surface area (Å²) < 4.78 is 77.0. The summed E-state index contributed by atoms with van der Waals surface area (Å²) in [6, 6.07) is 15.9.